The lowest BCUT2D eigenvalue weighted by Crippen LogP contribution is -2.52. The second-order valence-corrected chi connectivity index (χ2v) is 17.7. The summed E-state index contributed by atoms with van der Waals surface area (Å²) in [6.45, 7) is 8.61. The topological polar surface area (TPSA) is 106 Å². The van der Waals surface area contributed by atoms with Crippen molar-refractivity contribution in [1.82, 2.24) is 20.0 Å². The van der Waals surface area contributed by atoms with Gasteiger partial charge in [-0.25, -0.2) is 0 Å². The fraction of sp³-hybridized carbons (Fsp3) is 0.383. The third-order valence-electron chi connectivity index (χ3n) is 12.7. The maximum atomic E-state index is 13.2. The SMILES string of the molecule is O=C1CCC(N2Cc3cc(N4CCN(CC5CCN(CCCc6ccc(Oc7c(-c8ccc(C(F)(F)F)cc8)sc8cc(O)ccc78)cc6)CC5)CC4)ccc3C2=O)C(=O)N1. The first-order chi connectivity index (χ1) is 29.4. The van der Waals surface area contributed by atoms with Crippen molar-refractivity contribution >= 4 is 44.8 Å². The fourth-order valence-corrected chi connectivity index (χ4v) is 10.4. The number of amides is 3. The molecule has 0 bridgehead atoms. The summed E-state index contributed by atoms with van der Waals surface area (Å²) >= 11 is 1.37. The number of hydrogen-bond acceptors (Lipinski definition) is 9. The van der Waals surface area contributed by atoms with Gasteiger partial charge in [0.25, 0.3) is 5.91 Å². The summed E-state index contributed by atoms with van der Waals surface area (Å²) in [5.41, 5.74) is 3.81. The molecule has 0 saturated carbocycles. The van der Waals surface area contributed by atoms with Crippen LogP contribution < -0.4 is 15.0 Å². The third kappa shape index (κ3) is 8.98. The quantitative estimate of drug-likeness (QED) is 0.128. The number of ether oxygens (including phenoxy) is 1. The van der Waals surface area contributed by atoms with Gasteiger partial charge in [0, 0.05) is 67.0 Å². The number of piperidine rings is 2. The Bertz CT molecular complexity index is 2420. The molecule has 5 aromatic rings. The number of thiophene rings is 1. The number of carbonyl (C=O) groups excluding carboxylic acids is 3. The number of anilines is 1. The minimum absolute atomic E-state index is 0.109. The number of rotatable bonds is 11. The zero-order chi connectivity index (χ0) is 42.3. The fourth-order valence-electron chi connectivity index (χ4n) is 9.22. The Morgan fingerprint density at radius 2 is 1.57 bits per heavy atom. The van der Waals surface area contributed by atoms with Crippen LogP contribution in [0.15, 0.2) is 84.9 Å². The highest BCUT2D eigenvalue weighted by Gasteiger charge is 2.39. The van der Waals surface area contributed by atoms with E-state index in [1.54, 1.807) is 23.1 Å². The summed E-state index contributed by atoms with van der Waals surface area (Å²) in [4.78, 5) is 47.1. The maximum Gasteiger partial charge on any atom is 0.416 e. The molecule has 0 spiro atoms. The molecule has 2 N–H and O–H groups in total. The van der Waals surface area contributed by atoms with Crippen LogP contribution in [-0.4, -0.2) is 95.9 Å². The molecule has 4 aliphatic heterocycles. The Balaban J connectivity index is 0.713. The van der Waals surface area contributed by atoms with Crippen LogP contribution in [0, 0.1) is 5.92 Å². The van der Waals surface area contributed by atoms with Gasteiger partial charge in [-0.3, -0.25) is 24.6 Å². The number of likely N-dealkylation sites (tertiary alicyclic amines) is 1. The summed E-state index contributed by atoms with van der Waals surface area (Å²) in [6.07, 6.45) is 0.573. The van der Waals surface area contributed by atoms with Gasteiger partial charge in [-0.1, -0.05) is 24.3 Å². The molecule has 4 aromatic carbocycles. The van der Waals surface area contributed by atoms with Gasteiger partial charge in [-0.05, 0) is 135 Å². The lowest BCUT2D eigenvalue weighted by molar-refractivity contribution is -0.138. The van der Waals surface area contributed by atoms with Crippen molar-refractivity contribution in [3.05, 3.63) is 107 Å². The Hall–Kier alpha value is -5.44. The Morgan fingerprint density at radius 1 is 0.820 bits per heavy atom. The molecular weight excluding hydrogens is 804 g/mol. The summed E-state index contributed by atoms with van der Waals surface area (Å²) in [7, 11) is 0. The number of carbonyl (C=O) groups is 3. The van der Waals surface area contributed by atoms with E-state index in [1.807, 2.05) is 24.3 Å². The van der Waals surface area contributed by atoms with Crippen molar-refractivity contribution in [1.29, 1.82) is 0 Å². The van der Waals surface area contributed by atoms with Crippen LogP contribution in [-0.2, 0) is 28.7 Å². The Morgan fingerprint density at radius 3 is 2.30 bits per heavy atom. The van der Waals surface area contributed by atoms with Crippen LogP contribution in [0.1, 0.15) is 59.2 Å². The molecule has 1 unspecified atom stereocenters. The summed E-state index contributed by atoms with van der Waals surface area (Å²) in [5.74, 6) is 1.17. The van der Waals surface area contributed by atoms with E-state index in [0.717, 1.165) is 98.7 Å². The van der Waals surface area contributed by atoms with Crippen LogP contribution in [0.25, 0.3) is 20.5 Å². The average molecular weight is 852 g/mol. The predicted octanol–water partition coefficient (Wildman–Crippen LogP) is 8.31. The molecule has 61 heavy (non-hydrogen) atoms. The summed E-state index contributed by atoms with van der Waals surface area (Å²) in [5, 5.41) is 13.2. The molecule has 9 rings (SSSR count). The van der Waals surface area contributed by atoms with Crippen molar-refractivity contribution in [2.75, 3.05) is 57.3 Å². The van der Waals surface area contributed by atoms with Crippen molar-refractivity contribution in [3.8, 4) is 27.7 Å². The van der Waals surface area contributed by atoms with Crippen molar-refractivity contribution in [3.63, 3.8) is 0 Å². The van der Waals surface area contributed by atoms with E-state index in [2.05, 4.69) is 38.2 Å². The number of piperazine rings is 1. The Labute approximate surface area is 356 Å². The van der Waals surface area contributed by atoms with E-state index in [0.29, 0.717) is 46.4 Å². The number of benzene rings is 4. The maximum absolute atomic E-state index is 13.2. The van der Waals surface area contributed by atoms with E-state index in [1.165, 1.54) is 41.9 Å². The number of halogens is 3. The van der Waals surface area contributed by atoms with Gasteiger partial charge >= 0.3 is 6.18 Å². The molecule has 1 atom stereocenters. The number of nitrogens with zero attached hydrogens (tertiary/aromatic N) is 4. The Kier molecular flexibility index (Phi) is 11.5. The zero-order valence-electron chi connectivity index (χ0n) is 33.8. The average Bonchev–Trinajstić information content (AvgIpc) is 3.77. The van der Waals surface area contributed by atoms with Crippen LogP contribution >= 0.6 is 11.3 Å². The van der Waals surface area contributed by atoms with E-state index in [4.69, 9.17) is 4.74 Å². The largest absolute Gasteiger partial charge is 0.508 e. The molecule has 3 fully saturated rings. The molecule has 318 valence electrons. The molecule has 3 amide bonds. The first-order valence-corrected chi connectivity index (χ1v) is 21.9. The van der Waals surface area contributed by atoms with Crippen LogP contribution in [0.2, 0.25) is 0 Å². The van der Waals surface area contributed by atoms with Gasteiger partial charge in [0.05, 0.1) is 10.4 Å². The molecule has 4 aliphatic rings. The first kappa shape index (κ1) is 40.9. The highest BCUT2D eigenvalue weighted by Crippen LogP contribution is 2.47. The lowest BCUT2D eigenvalue weighted by atomic mass is 9.95. The molecule has 5 heterocycles. The first-order valence-electron chi connectivity index (χ1n) is 21.1. The van der Waals surface area contributed by atoms with Crippen LogP contribution in [0.3, 0.4) is 0 Å². The molecule has 14 heteroatoms. The van der Waals surface area contributed by atoms with Gasteiger partial charge in [0.15, 0.2) is 5.75 Å². The number of fused-ring (bicyclic) bond motifs is 2. The molecule has 1 aromatic heterocycles. The zero-order valence-corrected chi connectivity index (χ0v) is 34.6. The predicted molar refractivity (Wildman–Crippen MR) is 229 cm³/mol. The van der Waals surface area contributed by atoms with E-state index >= 15 is 0 Å². The molecule has 3 saturated heterocycles. The second kappa shape index (κ2) is 17.1. The standard InChI is InChI=1S/C47H48F3N5O5S/c48-47(49,50)34-7-5-32(6-8-34)44-43(39-14-10-36(56)27-41(39)61-44)60-37-11-3-30(4-12-37)2-1-19-52-20-17-31(18-21-52)28-53-22-24-54(25-23-53)35-9-13-38-33(26-35)29-55(46(38)59)40-15-16-42(57)51-45(40)58/h3-14,26-27,31,40,56H,1-2,15-25,28-29H2,(H,51,57,58). The normalized spacial score (nSPS) is 19.5. The molecule has 10 nitrogen and oxygen atoms in total. The molecule has 0 aliphatic carbocycles. The number of aryl methyl sites for hydroxylation is 1. The van der Waals surface area contributed by atoms with Gasteiger partial charge < -0.3 is 24.5 Å². The number of hydrogen-bond donors (Lipinski definition) is 2. The van der Waals surface area contributed by atoms with Crippen molar-refractivity contribution < 1.29 is 37.4 Å². The summed E-state index contributed by atoms with van der Waals surface area (Å²) < 4.78 is 46.9. The minimum atomic E-state index is -4.42. The van der Waals surface area contributed by atoms with Crippen molar-refractivity contribution in [2.45, 2.75) is 57.3 Å². The van der Waals surface area contributed by atoms with Crippen LogP contribution in [0.4, 0.5) is 18.9 Å². The van der Waals surface area contributed by atoms with Gasteiger partial charge in [-0.2, -0.15) is 13.2 Å². The van der Waals surface area contributed by atoms with Crippen molar-refractivity contribution in [2.24, 2.45) is 5.92 Å². The van der Waals surface area contributed by atoms with Gasteiger partial charge in [0.2, 0.25) is 11.8 Å². The number of aromatic hydroxyl groups is 1. The number of alkyl halides is 3. The van der Waals surface area contributed by atoms with E-state index < -0.39 is 17.8 Å². The lowest BCUT2D eigenvalue weighted by Gasteiger charge is -2.39. The highest BCUT2D eigenvalue weighted by molar-refractivity contribution is 7.22. The molecule has 0 radical (unpaired) electrons. The highest BCUT2D eigenvalue weighted by atomic mass is 32.1. The number of imide groups is 1. The molecular formula is C47H48F3N5O5S. The number of nitrogens with one attached hydrogen (secondary N) is 1. The second-order valence-electron chi connectivity index (χ2n) is 16.7. The third-order valence-corrected chi connectivity index (χ3v) is 13.8. The van der Waals surface area contributed by atoms with Gasteiger partial charge in [-0.15, -0.1) is 11.3 Å². The van der Waals surface area contributed by atoms with E-state index in [-0.39, 0.29) is 29.9 Å². The van der Waals surface area contributed by atoms with Gasteiger partial charge in [0.1, 0.15) is 17.5 Å². The smallest absolute Gasteiger partial charge is 0.416 e. The monoisotopic (exact) mass is 851 g/mol. The van der Waals surface area contributed by atoms with Crippen LogP contribution in [0.5, 0.6) is 17.2 Å². The number of phenolic OH excluding ortho intramolecular Hbond substituents is 1. The van der Waals surface area contributed by atoms with E-state index in [9.17, 15) is 32.7 Å². The summed E-state index contributed by atoms with van der Waals surface area (Å²) in [6, 6.07) is 23.5. The number of phenols is 1. The minimum Gasteiger partial charge on any atom is -0.508 e.